The Hall–Kier alpha value is -0.300. The fourth-order valence-corrected chi connectivity index (χ4v) is 1.64. The van der Waals surface area contributed by atoms with Crippen LogP contribution < -0.4 is 5.73 Å². The smallest absolute Gasteiger partial charge is 0.00488 e. The zero-order valence-corrected chi connectivity index (χ0v) is 7.26. The summed E-state index contributed by atoms with van der Waals surface area (Å²) in [6.07, 6.45) is 12.5. The number of allylic oxidation sites excluding steroid dienone is 2. The maximum absolute atomic E-state index is 5.65. The third-order valence-corrected chi connectivity index (χ3v) is 2.47. The average molecular weight is 153 g/mol. The Morgan fingerprint density at radius 1 is 1.09 bits per heavy atom. The summed E-state index contributed by atoms with van der Waals surface area (Å²) in [5.41, 5.74) is 5.65. The topological polar surface area (TPSA) is 26.0 Å². The van der Waals surface area contributed by atoms with Gasteiger partial charge in [0.2, 0.25) is 0 Å². The zero-order valence-electron chi connectivity index (χ0n) is 7.26. The molecule has 0 aliphatic heterocycles. The molecule has 11 heavy (non-hydrogen) atoms. The Balaban J connectivity index is 2.28. The fourth-order valence-electron chi connectivity index (χ4n) is 1.64. The number of rotatable bonds is 1. The van der Waals surface area contributed by atoms with Crippen molar-refractivity contribution in [2.24, 2.45) is 11.7 Å². The molecule has 0 saturated heterocycles. The lowest BCUT2D eigenvalue weighted by atomic mass is 9.97. The van der Waals surface area contributed by atoms with Crippen LogP contribution in [0.15, 0.2) is 12.2 Å². The molecule has 64 valence electrons. The molecule has 0 spiro atoms. The van der Waals surface area contributed by atoms with E-state index in [1.165, 1.54) is 38.5 Å². The average Bonchev–Trinajstić information content (AvgIpc) is 2.16. The highest BCUT2D eigenvalue weighted by molar-refractivity contribution is 4.83. The summed E-state index contributed by atoms with van der Waals surface area (Å²) in [4.78, 5) is 0. The van der Waals surface area contributed by atoms with E-state index in [2.05, 4.69) is 12.2 Å². The minimum atomic E-state index is 0.790. The minimum Gasteiger partial charge on any atom is -0.330 e. The molecular formula is C10H19N. The Morgan fingerprint density at radius 3 is 2.73 bits per heavy atom. The first-order chi connectivity index (χ1) is 5.43. The maximum Gasteiger partial charge on any atom is -0.00488 e. The van der Waals surface area contributed by atoms with Crippen LogP contribution in [0.4, 0.5) is 0 Å². The Morgan fingerprint density at radius 2 is 1.91 bits per heavy atom. The van der Waals surface area contributed by atoms with E-state index in [0.29, 0.717) is 0 Å². The monoisotopic (exact) mass is 153 g/mol. The maximum atomic E-state index is 5.65. The molecule has 0 saturated carbocycles. The first-order valence-electron chi connectivity index (χ1n) is 4.78. The lowest BCUT2D eigenvalue weighted by Gasteiger charge is -2.11. The molecule has 1 atom stereocenters. The summed E-state index contributed by atoms with van der Waals surface area (Å²) in [6, 6.07) is 0. The molecule has 0 heterocycles. The number of nitrogens with two attached hydrogens (primary N) is 1. The second-order valence-corrected chi connectivity index (χ2v) is 3.43. The highest BCUT2D eigenvalue weighted by Gasteiger charge is 2.05. The summed E-state index contributed by atoms with van der Waals surface area (Å²) in [6.45, 7) is 0.883. The van der Waals surface area contributed by atoms with E-state index in [9.17, 15) is 0 Å². The van der Waals surface area contributed by atoms with Crippen LogP contribution in [-0.4, -0.2) is 6.54 Å². The van der Waals surface area contributed by atoms with Crippen LogP contribution in [-0.2, 0) is 0 Å². The van der Waals surface area contributed by atoms with Crippen LogP contribution in [0.3, 0.4) is 0 Å². The van der Waals surface area contributed by atoms with Gasteiger partial charge < -0.3 is 5.73 Å². The predicted molar refractivity (Wildman–Crippen MR) is 49.4 cm³/mol. The summed E-state index contributed by atoms with van der Waals surface area (Å²) in [5.74, 6) is 0.790. The van der Waals surface area contributed by atoms with Gasteiger partial charge in [0.15, 0.2) is 0 Å². The molecule has 0 amide bonds. The predicted octanol–water partition coefficient (Wildman–Crippen LogP) is 2.47. The van der Waals surface area contributed by atoms with E-state index >= 15 is 0 Å². The highest BCUT2D eigenvalue weighted by atomic mass is 14.5. The second kappa shape index (κ2) is 5.36. The van der Waals surface area contributed by atoms with Gasteiger partial charge in [-0.1, -0.05) is 18.6 Å². The van der Waals surface area contributed by atoms with Gasteiger partial charge in [0.1, 0.15) is 0 Å². The summed E-state index contributed by atoms with van der Waals surface area (Å²) in [7, 11) is 0. The van der Waals surface area contributed by atoms with Crippen LogP contribution in [0.2, 0.25) is 0 Å². The van der Waals surface area contributed by atoms with Crippen molar-refractivity contribution < 1.29 is 0 Å². The molecular weight excluding hydrogens is 134 g/mol. The Kier molecular flexibility index (Phi) is 4.29. The third kappa shape index (κ3) is 3.57. The first-order valence-corrected chi connectivity index (χ1v) is 4.78. The van der Waals surface area contributed by atoms with Gasteiger partial charge in [0.25, 0.3) is 0 Å². The Labute approximate surface area is 69.7 Å². The van der Waals surface area contributed by atoms with Gasteiger partial charge in [-0.15, -0.1) is 0 Å². The van der Waals surface area contributed by atoms with Crippen molar-refractivity contribution in [3.05, 3.63) is 12.2 Å². The molecule has 2 N–H and O–H groups in total. The van der Waals surface area contributed by atoms with Gasteiger partial charge in [-0.05, 0) is 44.6 Å². The Bertz CT molecular complexity index is 118. The van der Waals surface area contributed by atoms with E-state index in [0.717, 1.165) is 12.5 Å². The van der Waals surface area contributed by atoms with Gasteiger partial charge in [0.05, 0.1) is 0 Å². The molecule has 0 aromatic rings. The van der Waals surface area contributed by atoms with Crippen molar-refractivity contribution in [3.8, 4) is 0 Å². The van der Waals surface area contributed by atoms with Crippen LogP contribution in [0, 0.1) is 5.92 Å². The highest BCUT2D eigenvalue weighted by Crippen LogP contribution is 2.17. The van der Waals surface area contributed by atoms with E-state index in [4.69, 9.17) is 5.73 Å². The van der Waals surface area contributed by atoms with E-state index < -0.39 is 0 Å². The standard InChI is InChI=1S/C10H19N/c11-9-10-7-5-3-1-2-4-6-8-10/h1,3,10H,2,4-9,11H2/b3-1-. The lowest BCUT2D eigenvalue weighted by molar-refractivity contribution is 0.447. The van der Waals surface area contributed by atoms with Gasteiger partial charge >= 0.3 is 0 Å². The molecule has 0 fully saturated rings. The van der Waals surface area contributed by atoms with Crippen LogP contribution >= 0.6 is 0 Å². The minimum absolute atomic E-state index is 0.790. The fraction of sp³-hybridized carbons (Fsp3) is 0.800. The van der Waals surface area contributed by atoms with Gasteiger partial charge in [0, 0.05) is 0 Å². The molecule has 0 radical (unpaired) electrons. The number of hydrogen-bond donors (Lipinski definition) is 1. The molecule has 0 aromatic heterocycles. The largest absolute Gasteiger partial charge is 0.330 e. The molecule has 1 aliphatic rings. The quantitative estimate of drug-likeness (QED) is 0.575. The summed E-state index contributed by atoms with van der Waals surface area (Å²) < 4.78 is 0. The van der Waals surface area contributed by atoms with Crippen molar-refractivity contribution in [3.63, 3.8) is 0 Å². The molecule has 1 nitrogen and oxygen atoms in total. The second-order valence-electron chi connectivity index (χ2n) is 3.43. The van der Waals surface area contributed by atoms with Crippen molar-refractivity contribution in [2.45, 2.75) is 38.5 Å². The van der Waals surface area contributed by atoms with Gasteiger partial charge in [-0.25, -0.2) is 0 Å². The molecule has 1 rings (SSSR count). The number of hydrogen-bond acceptors (Lipinski definition) is 1. The van der Waals surface area contributed by atoms with Crippen molar-refractivity contribution in [1.29, 1.82) is 0 Å². The molecule has 0 bridgehead atoms. The van der Waals surface area contributed by atoms with E-state index in [1.54, 1.807) is 0 Å². The van der Waals surface area contributed by atoms with E-state index in [-0.39, 0.29) is 0 Å². The molecule has 1 unspecified atom stereocenters. The summed E-state index contributed by atoms with van der Waals surface area (Å²) >= 11 is 0. The summed E-state index contributed by atoms with van der Waals surface area (Å²) in [5, 5.41) is 0. The molecule has 1 heteroatoms. The normalized spacial score (nSPS) is 30.1. The first kappa shape index (κ1) is 8.79. The van der Waals surface area contributed by atoms with Gasteiger partial charge in [-0.3, -0.25) is 0 Å². The zero-order chi connectivity index (χ0) is 7.94. The van der Waals surface area contributed by atoms with Crippen LogP contribution in [0.1, 0.15) is 38.5 Å². The van der Waals surface area contributed by atoms with Crippen LogP contribution in [0.5, 0.6) is 0 Å². The van der Waals surface area contributed by atoms with Crippen molar-refractivity contribution in [2.75, 3.05) is 6.54 Å². The van der Waals surface area contributed by atoms with Gasteiger partial charge in [-0.2, -0.15) is 0 Å². The van der Waals surface area contributed by atoms with Crippen molar-refractivity contribution >= 4 is 0 Å². The lowest BCUT2D eigenvalue weighted by Crippen LogP contribution is -2.13. The van der Waals surface area contributed by atoms with E-state index in [1.807, 2.05) is 0 Å². The molecule has 0 aromatic carbocycles. The SMILES string of the molecule is NCC1CC/C=C\CCCC1. The van der Waals surface area contributed by atoms with Crippen molar-refractivity contribution in [1.82, 2.24) is 0 Å². The third-order valence-electron chi connectivity index (χ3n) is 2.47. The molecule has 1 aliphatic carbocycles. The van der Waals surface area contributed by atoms with Crippen LogP contribution in [0.25, 0.3) is 0 Å².